The Bertz CT molecular complexity index is 247. The van der Waals surface area contributed by atoms with Gasteiger partial charge in [-0.2, -0.15) is 11.8 Å². The predicted octanol–water partition coefficient (Wildman–Crippen LogP) is 1.74. The van der Waals surface area contributed by atoms with Gasteiger partial charge in [-0.1, -0.05) is 6.92 Å². The van der Waals surface area contributed by atoms with Gasteiger partial charge in [-0.05, 0) is 6.42 Å². The average Bonchev–Trinajstić information content (AvgIpc) is 2.71. The first kappa shape index (κ1) is 8.94. The van der Waals surface area contributed by atoms with Gasteiger partial charge in [-0.25, -0.2) is 4.98 Å². The molecular weight excluding hydrogens is 182 g/mol. The van der Waals surface area contributed by atoms with Crippen LogP contribution in [0.25, 0.3) is 0 Å². The fraction of sp³-hybridized carbons (Fsp3) is 0.667. The number of H-pyrrole nitrogens is 1. The molecule has 1 aliphatic heterocycles. The van der Waals surface area contributed by atoms with Gasteiger partial charge in [0.2, 0.25) is 5.95 Å². The van der Waals surface area contributed by atoms with Crippen molar-refractivity contribution in [3.63, 3.8) is 0 Å². The molecule has 1 N–H and O–H groups in total. The minimum Gasteiger partial charge on any atom is -0.340 e. The van der Waals surface area contributed by atoms with E-state index in [0.717, 1.165) is 24.3 Å². The second-order valence-electron chi connectivity index (χ2n) is 3.26. The van der Waals surface area contributed by atoms with Crippen molar-refractivity contribution >= 4 is 17.7 Å². The zero-order valence-electron chi connectivity index (χ0n) is 7.86. The third kappa shape index (κ3) is 1.99. The number of hydrogen-bond acceptors (Lipinski definition) is 3. The van der Waals surface area contributed by atoms with Crippen LogP contribution in [0.5, 0.6) is 0 Å². The summed E-state index contributed by atoms with van der Waals surface area (Å²) >= 11 is 2.08. The van der Waals surface area contributed by atoms with Gasteiger partial charge in [0.25, 0.3) is 0 Å². The van der Waals surface area contributed by atoms with Crippen LogP contribution >= 0.6 is 11.8 Å². The predicted molar refractivity (Wildman–Crippen MR) is 57.3 cm³/mol. The van der Waals surface area contributed by atoms with E-state index in [0.29, 0.717) is 0 Å². The SMILES string of the molecule is CCC1CN(c2ncc[nH]2)CCS1. The largest absolute Gasteiger partial charge is 0.340 e. The number of imidazole rings is 1. The Labute approximate surface area is 82.9 Å². The van der Waals surface area contributed by atoms with E-state index in [4.69, 9.17) is 0 Å². The van der Waals surface area contributed by atoms with Crippen LogP contribution in [0.1, 0.15) is 13.3 Å². The van der Waals surface area contributed by atoms with Crippen LogP contribution < -0.4 is 4.90 Å². The van der Waals surface area contributed by atoms with Crippen molar-refractivity contribution in [2.45, 2.75) is 18.6 Å². The number of nitrogens with zero attached hydrogens (tertiary/aromatic N) is 2. The van der Waals surface area contributed by atoms with Crippen molar-refractivity contribution in [1.29, 1.82) is 0 Å². The van der Waals surface area contributed by atoms with Crippen LogP contribution in [0.3, 0.4) is 0 Å². The molecule has 0 bridgehead atoms. The summed E-state index contributed by atoms with van der Waals surface area (Å²) in [6.07, 6.45) is 4.96. The maximum Gasteiger partial charge on any atom is 0.202 e. The fourth-order valence-corrected chi connectivity index (χ4v) is 2.77. The number of anilines is 1. The number of thioether (sulfide) groups is 1. The Morgan fingerprint density at radius 1 is 1.77 bits per heavy atom. The Morgan fingerprint density at radius 2 is 2.69 bits per heavy atom. The molecule has 72 valence electrons. The summed E-state index contributed by atoms with van der Waals surface area (Å²) in [7, 11) is 0. The van der Waals surface area contributed by atoms with Crippen molar-refractivity contribution in [3.05, 3.63) is 12.4 Å². The molecule has 1 saturated heterocycles. The second-order valence-corrected chi connectivity index (χ2v) is 4.67. The van der Waals surface area contributed by atoms with Crippen LogP contribution in [0, 0.1) is 0 Å². The normalized spacial score (nSPS) is 23.5. The van der Waals surface area contributed by atoms with Gasteiger partial charge in [0, 0.05) is 36.5 Å². The van der Waals surface area contributed by atoms with E-state index in [-0.39, 0.29) is 0 Å². The molecule has 0 amide bonds. The molecule has 4 heteroatoms. The minimum absolute atomic E-state index is 0.777. The molecule has 2 heterocycles. The molecule has 13 heavy (non-hydrogen) atoms. The molecule has 0 radical (unpaired) electrons. The molecule has 0 spiro atoms. The summed E-state index contributed by atoms with van der Waals surface area (Å²) < 4.78 is 0. The molecule has 1 aliphatic rings. The third-order valence-corrected chi connectivity index (χ3v) is 3.75. The molecule has 1 aromatic heterocycles. The maximum atomic E-state index is 4.27. The van der Waals surface area contributed by atoms with E-state index < -0.39 is 0 Å². The van der Waals surface area contributed by atoms with E-state index in [1.165, 1.54) is 12.2 Å². The highest BCUT2D eigenvalue weighted by atomic mass is 32.2. The summed E-state index contributed by atoms with van der Waals surface area (Å²) in [4.78, 5) is 9.76. The van der Waals surface area contributed by atoms with E-state index in [9.17, 15) is 0 Å². The van der Waals surface area contributed by atoms with Crippen molar-refractivity contribution in [1.82, 2.24) is 9.97 Å². The van der Waals surface area contributed by atoms with Gasteiger partial charge in [-0.3, -0.25) is 0 Å². The fourth-order valence-electron chi connectivity index (χ4n) is 1.59. The van der Waals surface area contributed by atoms with Crippen molar-refractivity contribution in [2.75, 3.05) is 23.7 Å². The lowest BCUT2D eigenvalue weighted by Crippen LogP contribution is -2.38. The molecule has 2 rings (SSSR count). The average molecular weight is 197 g/mol. The van der Waals surface area contributed by atoms with E-state index in [1.54, 1.807) is 0 Å². The second kappa shape index (κ2) is 4.05. The standard InChI is InChI=1S/C9H15N3S/c1-2-8-7-12(5-6-13-8)9-10-3-4-11-9/h3-4,8H,2,5-7H2,1H3,(H,10,11). The lowest BCUT2D eigenvalue weighted by Gasteiger charge is -2.31. The maximum absolute atomic E-state index is 4.27. The quantitative estimate of drug-likeness (QED) is 0.783. The van der Waals surface area contributed by atoms with Gasteiger partial charge in [0.15, 0.2) is 0 Å². The first-order chi connectivity index (χ1) is 6.40. The summed E-state index contributed by atoms with van der Waals surface area (Å²) in [5, 5.41) is 0.777. The van der Waals surface area contributed by atoms with Crippen molar-refractivity contribution in [2.24, 2.45) is 0 Å². The van der Waals surface area contributed by atoms with Gasteiger partial charge in [0.05, 0.1) is 0 Å². The summed E-state index contributed by atoms with van der Waals surface area (Å²) in [6, 6.07) is 0. The Kier molecular flexibility index (Phi) is 2.78. The number of hydrogen-bond donors (Lipinski definition) is 1. The Hall–Kier alpha value is -0.640. The van der Waals surface area contributed by atoms with Crippen LogP contribution in [0.4, 0.5) is 5.95 Å². The molecule has 3 nitrogen and oxygen atoms in total. The summed E-state index contributed by atoms with van der Waals surface area (Å²) in [5.41, 5.74) is 0. The first-order valence-corrected chi connectivity index (χ1v) is 5.81. The molecule has 0 aliphatic carbocycles. The van der Waals surface area contributed by atoms with Crippen LogP contribution in [-0.2, 0) is 0 Å². The molecule has 0 saturated carbocycles. The smallest absolute Gasteiger partial charge is 0.202 e. The highest BCUT2D eigenvalue weighted by Crippen LogP contribution is 2.23. The zero-order valence-corrected chi connectivity index (χ0v) is 8.68. The molecule has 1 fully saturated rings. The Morgan fingerprint density at radius 3 is 3.38 bits per heavy atom. The van der Waals surface area contributed by atoms with Gasteiger partial charge >= 0.3 is 0 Å². The number of nitrogens with one attached hydrogen (secondary N) is 1. The number of aromatic amines is 1. The van der Waals surface area contributed by atoms with Gasteiger partial charge < -0.3 is 9.88 Å². The molecule has 0 aromatic carbocycles. The highest BCUT2D eigenvalue weighted by Gasteiger charge is 2.19. The van der Waals surface area contributed by atoms with E-state index >= 15 is 0 Å². The molecule has 1 aromatic rings. The lowest BCUT2D eigenvalue weighted by molar-refractivity contribution is 0.714. The monoisotopic (exact) mass is 197 g/mol. The van der Waals surface area contributed by atoms with Crippen LogP contribution in [-0.4, -0.2) is 34.1 Å². The van der Waals surface area contributed by atoms with Crippen LogP contribution in [0.2, 0.25) is 0 Å². The minimum atomic E-state index is 0.777. The number of aromatic nitrogens is 2. The summed E-state index contributed by atoms with van der Waals surface area (Å²) in [6.45, 7) is 4.51. The molecular formula is C9H15N3S. The molecule has 1 unspecified atom stereocenters. The summed E-state index contributed by atoms with van der Waals surface area (Å²) in [5.74, 6) is 2.25. The zero-order chi connectivity index (χ0) is 9.10. The number of rotatable bonds is 2. The van der Waals surface area contributed by atoms with Gasteiger partial charge in [0.1, 0.15) is 0 Å². The van der Waals surface area contributed by atoms with Crippen molar-refractivity contribution < 1.29 is 0 Å². The van der Waals surface area contributed by atoms with Crippen molar-refractivity contribution in [3.8, 4) is 0 Å². The van der Waals surface area contributed by atoms with Crippen LogP contribution in [0.15, 0.2) is 12.4 Å². The first-order valence-electron chi connectivity index (χ1n) is 4.76. The highest BCUT2D eigenvalue weighted by molar-refractivity contribution is 8.00. The molecule has 1 atom stereocenters. The topological polar surface area (TPSA) is 31.9 Å². The Balaban J connectivity index is 2.00. The van der Waals surface area contributed by atoms with E-state index in [1.807, 2.05) is 12.4 Å². The third-order valence-electron chi connectivity index (χ3n) is 2.38. The lowest BCUT2D eigenvalue weighted by atomic mass is 10.3. The van der Waals surface area contributed by atoms with Gasteiger partial charge in [-0.15, -0.1) is 0 Å². The van der Waals surface area contributed by atoms with E-state index in [2.05, 4.69) is 33.6 Å².